The van der Waals surface area contributed by atoms with Crippen LogP contribution >= 0.6 is 0 Å². The molecule has 25 heavy (non-hydrogen) atoms. The number of halogens is 2. The van der Waals surface area contributed by atoms with Gasteiger partial charge in [0.2, 0.25) is 0 Å². The molecule has 1 aliphatic heterocycles. The molecule has 0 aliphatic carbocycles. The molecule has 2 aromatic carbocycles. The summed E-state index contributed by atoms with van der Waals surface area (Å²) in [6.07, 6.45) is 0.305. The molecule has 1 aliphatic rings. The van der Waals surface area contributed by atoms with Crippen LogP contribution in [0.15, 0.2) is 36.4 Å². The van der Waals surface area contributed by atoms with E-state index in [4.69, 9.17) is 4.74 Å². The largest absolute Gasteiger partial charge is 0.377 e. The molecule has 4 nitrogen and oxygen atoms in total. The summed E-state index contributed by atoms with van der Waals surface area (Å²) in [6.45, 7) is 3.51. The molecule has 1 heterocycles. The van der Waals surface area contributed by atoms with E-state index in [1.165, 1.54) is 4.90 Å². The molecule has 2 aromatic rings. The van der Waals surface area contributed by atoms with Gasteiger partial charge in [-0.05, 0) is 48.7 Å². The number of nitrogens with zero attached hydrogens (tertiary/aromatic N) is 1. The quantitative estimate of drug-likeness (QED) is 0.906. The van der Waals surface area contributed by atoms with Crippen LogP contribution in [0, 0.1) is 11.6 Å². The van der Waals surface area contributed by atoms with Gasteiger partial charge in [0.15, 0.2) is 0 Å². The Balaban J connectivity index is 1.65. The predicted molar refractivity (Wildman–Crippen MR) is 91.3 cm³/mol. The maximum absolute atomic E-state index is 13.9. The van der Waals surface area contributed by atoms with Gasteiger partial charge >= 0.3 is 6.03 Å². The second kappa shape index (κ2) is 7.61. The van der Waals surface area contributed by atoms with Gasteiger partial charge in [0, 0.05) is 24.4 Å². The molecule has 0 saturated carbocycles. The molecular formula is C19H20F2N2O2. The van der Waals surface area contributed by atoms with Gasteiger partial charge in [-0.2, -0.15) is 0 Å². The van der Waals surface area contributed by atoms with E-state index in [2.05, 4.69) is 5.32 Å². The summed E-state index contributed by atoms with van der Waals surface area (Å²) in [5.74, 6) is -0.893. The Bertz CT molecular complexity index is 763. The molecule has 6 heteroatoms. The summed E-state index contributed by atoms with van der Waals surface area (Å²) in [6, 6.07) is 9.26. The Labute approximate surface area is 145 Å². The number of nitrogens with one attached hydrogen (secondary N) is 1. The zero-order valence-corrected chi connectivity index (χ0v) is 14.0. The van der Waals surface area contributed by atoms with Crippen LogP contribution in [-0.2, 0) is 24.3 Å². The van der Waals surface area contributed by atoms with E-state index in [1.807, 2.05) is 19.1 Å². The first-order valence-electron chi connectivity index (χ1n) is 8.27. The molecule has 0 aromatic heterocycles. The number of urea groups is 1. The van der Waals surface area contributed by atoms with Crippen LogP contribution in [0.3, 0.4) is 0 Å². The van der Waals surface area contributed by atoms with Crippen molar-refractivity contribution in [3.05, 3.63) is 64.7 Å². The Hall–Kier alpha value is -2.47. The van der Waals surface area contributed by atoms with Crippen LogP contribution in [-0.4, -0.2) is 24.1 Å². The highest BCUT2D eigenvalue weighted by Crippen LogP contribution is 2.25. The number of benzene rings is 2. The van der Waals surface area contributed by atoms with Crippen molar-refractivity contribution in [2.75, 3.05) is 18.5 Å². The first kappa shape index (κ1) is 17.4. The lowest BCUT2D eigenvalue weighted by molar-refractivity contribution is 0.134. The van der Waals surface area contributed by atoms with Crippen LogP contribution < -0.4 is 5.32 Å². The minimum atomic E-state index is -0.478. The number of rotatable bonds is 4. The number of amides is 2. The van der Waals surface area contributed by atoms with Crippen LogP contribution in [0.25, 0.3) is 0 Å². The first-order valence-corrected chi connectivity index (χ1v) is 8.27. The fraction of sp³-hybridized carbons (Fsp3) is 0.316. The molecule has 3 rings (SSSR count). The maximum atomic E-state index is 13.9. The predicted octanol–water partition coefficient (Wildman–Crippen LogP) is 4.09. The average Bonchev–Trinajstić information content (AvgIpc) is 2.64. The second-order valence-corrected chi connectivity index (χ2v) is 5.92. The molecule has 1 N–H and O–H groups in total. The van der Waals surface area contributed by atoms with Crippen LogP contribution in [0.1, 0.15) is 23.6 Å². The van der Waals surface area contributed by atoms with Crippen LogP contribution in [0.5, 0.6) is 0 Å². The van der Waals surface area contributed by atoms with Crippen molar-refractivity contribution < 1.29 is 18.3 Å². The van der Waals surface area contributed by atoms with Gasteiger partial charge in [-0.1, -0.05) is 12.1 Å². The number of carbonyl (C=O) groups is 1. The van der Waals surface area contributed by atoms with E-state index in [0.29, 0.717) is 37.4 Å². The van der Waals surface area contributed by atoms with Crippen molar-refractivity contribution in [2.24, 2.45) is 0 Å². The monoisotopic (exact) mass is 346 g/mol. The van der Waals surface area contributed by atoms with Gasteiger partial charge in [0.25, 0.3) is 0 Å². The van der Waals surface area contributed by atoms with E-state index in [-0.39, 0.29) is 18.1 Å². The molecule has 0 fully saturated rings. The lowest BCUT2D eigenvalue weighted by atomic mass is 9.99. The summed E-state index contributed by atoms with van der Waals surface area (Å²) < 4.78 is 33.0. The van der Waals surface area contributed by atoms with Gasteiger partial charge in [0.1, 0.15) is 11.6 Å². The zero-order valence-electron chi connectivity index (χ0n) is 14.0. The topological polar surface area (TPSA) is 41.6 Å². The second-order valence-electron chi connectivity index (χ2n) is 5.92. The Kier molecular flexibility index (Phi) is 5.28. The molecule has 0 bridgehead atoms. The minimum Gasteiger partial charge on any atom is -0.377 e. The molecule has 0 radical (unpaired) electrons. The average molecular weight is 346 g/mol. The molecular weight excluding hydrogens is 326 g/mol. The van der Waals surface area contributed by atoms with Crippen LogP contribution in [0.4, 0.5) is 19.3 Å². The highest BCUT2D eigenvalue weighted by Gasteiger charge is 2.25. The van der Waals surface area contributed by atoms with Gasteiger partial charge in [-0.15, -0.1) is 0 Å². The number of hydrogen-bond acceptors (Lipinski definition) is 2. The standard InChI is InChI=1S/C19H20F2N2O2/c1-2-25-12-13-3-5-14(6-4-13)22-19(24)23-10-9-15-16(11-23)18(21)8-7-17(15)20/h3-8H,2,9-12H2,1H3,(H,22,24). The highest BCUT2D eigenvalue weighted by atomic mass is 19.1. The molecule has 2 amide bonds. The minimum absolute atomic E-state index is 0.0627. The fourth-order valence-electron chi connectivity index (χ4n) is 2.87. The third-order valence-electron chi connectivity index (χ3n) is 4.26. The first-order chi connectivity index (χ1) is 12.1. The number of fused-ring (bicyclic) bond motifs is 1. The Morgan fingerprint density at radius 2 is 1.80 bits per heavy atom. The van der Waals surface area contributed by atoms with Crippen molar-refractivity contribution in [3.63, 3.8) is 0 Å². The van der Waals surface area contributed by atoms with E-state index in [0.717, 1.165) is 17.7 Å². The Morgan fingerprint density at radius 3 is 2.48 bits per heavy atom. The lowest BCUT2D eigenvalue weighted by Crippen LogP contribution is -2.39. The van der Waals surface area contributed by atoms with Crippen LogP contribution in [0.2, 0.25) is 0 Å². The van der Waals surface area contributed by atoms with Crippen molar-refractivity contribution in [2.45, 2.75) is 26.5 Å². The third kappa shape index (κ3) is 3.96. The number of ether oxygens (including phenoxy) is 1. The summed E-state index contributed by atoms with van der Waals surface area (Å²) in [7, 11) is 0. The van der Waals surface area contributed by atoms with Gasteiger partial charge in [0.05, 0.1) is 13.2 Å². The zero-order chi connectivity index (χ0) is 17.8. The Morgan fingerprint density at radius 1 is 1.12 bits per heavy atom. The van der Waals surface area contributed by atoms with E-state index in [9.17, 15) is 13.6 Å². The van der Waals surface area contributed by atoms with Gasteiger partial charge < -0.3 is 15.0 Å². The van der Waals surface area contributed by atoms with Crippen molar-refractivity contribution >= 4 is 11.7 Å². The normalized spacial score (nSPS) is 13.5. The molecule has 0 spiro atoms. The molecule has 132 valence electrons. The summed E-state index contributed by atoms with van der Waals surface area (Å²) >= 11 is 0. The summed E-state index contributed by atoms with van der Waals surface area (Å²) in [5.41, 5.74) is 2.29. The van der Waals surface area contributed by atoms with E-state index in [1.54, 1.807) is 12.1 Å². The molecule has 0 saturated heterocycles. The maximum Gasteiger partial charge on any atom is 0.322 e. The lowest BCUT2D eigenvalue weighted by Gasteiger charge is -2.29. The highest BCUT2D eigenvalue weighted by molar-refractivity contribution is 5.89. The summed E-state index contributed by atoms with van der Waals surface area (Å²) in [4.78, 5) is 13.9. The van der Waals surface area contributed by atoms with E-state index >= 15 is 0 Å². The smallest absolute Gasteiger partial charge is 0.322 e. The number of hydrogen-bond donors (Lipinski definition) is 1. The number of carbonyl (C=O) groups excluding carboxylic acids is 1. The van der Waals surface area contributed by atoms with Crippen molar-refractivity contribution in [1.29, 1.82) is 0 Å². The van der Waals surface area contributed by atoms with E-state index < -0.39 is 11.6 Å². The summed E-state index contributed by atoms with van der Waals surface area (Å²) in [5, 5.41) is 2.79. The van der Waals surface area contributed by atoms with Crippen molar-refractivity contribution in [1.82, 2.24) is 4.90 Å². The number of anilines is 1. The fourth-order valence-corrected chi connectivity index (χ4v) is 2.87. The molecule has 0 atom stereocenters. The van der Waals surface area contributed by atoms with Gasteiger partial charge in [-0.3, -0.25) is 0 Å². The SMILES string of the molecule is CCOCc1ccc(NC(=O)N2CCc3c(F)ccc(F)c3C2)cc1. The van der Waals surface area contributed by atoms with Gasteiger partial charge in [-0.25, -0.2) is 13.6 Å². The van der Waals surface area contributed by atoms with Crippen molar-refractivity contribution in [3.8, 4) is 0 Å². The third-order valence-corrected chi connectivity index (χ3v) is 4.26. The molecule has 0 unspecified atom stereocenters.